The lowest BCUT2D eigenvalue weighted by atomic mass is 9.84. The van der Waals surface area contributed by atoms with Crippen LogP contribution in [0.1, 0.15) is 44.9 Å². The zero-order chi connectivity index (χ0) is 15.5. The lowest BCUT2D eigenvalue weighted by Gasteiger charge is -2.37. The number of carbonyl (C=O) groups is 1. The van der Waals surface area contributed by atoms with Crippen molar-refractivity contribution in [3.05, 3.63) is 16.4 Å². The summed E-state index contributed by atoms with van der Waals surface area (Å²) in [5.41, 5.74) is -0.667. The van der Waals surface area contributed by atoms with Gasteiger partial charge in [0, 0.05) is 24.9 Å². The number of hydrogen-bond donors (Lipinski definition) is 1. The number of likely N-dealkylation sites (tertiary alicyclic amines) is 1. The Hall–Kier alpha value is -1.63. The maximum atomic E-state index is 13.0. The summed E-state index contributed by atoms with van der Waals surface area (Å²) in [5, 5.41) is 6.20. The number of nitrogens with zero attached hydrogens (tertiary/aromatic N) is 2. The van der Waals surface area contributed by atoms with E-state index in [0.29, 0.717) is 31.5 Å². The average molecular weight is 307 g/mol. The monoisotopic (exact) mass is 307 g/mol. The summed E-state index contributed by atoms with van der Waals surface area (Å²) in [6.45, 7) is 6.13. The maximum absolute atomic E-state index is 13.0. The van der Waals surface area contributed by atoms with Crippen LogP contribution in [0.15, 0.2) is 9.21 Å². The molecule has 2 aliphatic heterocycles. The van der Waals surface area contributed by atoms with E-state index in [1.54, 1.807) is 0 Å². The second-order valence-electron chi connectivity index (χ2n) is 7.21. The number of amides is 1. The third-order valence-corrected chi connectivity index (χ3v) is 5.79. The molecular formula is C15H21N3O4. The minimum atomic E-state index is -0.516. The van der Waals surface area contributed by atoms with E-state index in [0.717, 1.165) is 19.3 Å². The molecule has 2 saturated heterocycles. The zero-order valence-corrected chi connectivity index (χ0v) is 12.9. The lowest BCUT2D eigenvalue weighted by Crippen LogP contribution is -2.49. The number of H-pyrrole nitrogens is 1. The van der Waals surface area contributed by atoms with Gasteiger partial charge in [0.15, 0.2) is 0 Å². The fraction of sp³-hybridized carbons (Fsp3) is 0.800. The summed E-state index contributed by atoms with van der Waals surface area (Å²) < 4.78 is 10.8. The first-order valence-corrected chi connectivity index (χ1v) is 7.93. The fourth-order valence-corrected chi connectivity index (χ4v) is 4.25. The summed E-state index contributed by atoms with van der Waals surface area (Å²) in [7, 11) is 0. The van der Waals surface area contributed by atoms with Crippen molar-refractivity contribution in [1.29, 1.82) is 0 Å². The van der Waals surface area contributed by atoms with Gasteiger partial charge in [0.1, 0.15) is 0 Å². The number of aromatic nitrogens is 2. The van der Waals surface area contributed by atoms with Crippen molar-refractivity contribution in [3.8, 4) is 0 Å². The predicted molar refractivity (Wildman–Crippen MR) is 76.2 cm³/mol. The molecule has 0 aromatic carbocycles. The highest BCUT2D eigenvalue weighted by atomic mass is 16.5. The summed E-state index contributed by atoms with van der Waals surface area (Å²) in [4.78, 5) is 26.0. The SMILES string of the molecule is CC1(C)OCC2CC21C(=O)N1CCC(c2n[nH]c(=O)o2)CC1. The molecule has 7 nitrogen and oxygen atoms in total. The molecule has 120 valence electrons. The third kappa shape index (κ3) is 1.81. The summed E-state index contributed by atoms with van der Waals surface area (Å²) >= 11 is 0. The number of hydrogen-bond acceptors (Lipinski definition) is 5. The van der Waals surface area contributed by atoms with Gasteiger partial charge in [-0.05, 0) is 33.1 Å². The normalized spacial score (nSPS) is 33.7. The van der Waals surface area contributed by atoms with Gasteiger partial charge in [-0.15, -0.1) is 5.10 Å². The molecule has 0 bridgehead atoms. The molecule has 1 N–H and O–H groups in total. The number of ether oxygens (including phenoxy) is 1. The second-order valence-corrected chi connectivity index (χ2v) is 7.21. The van der Waals surface area contributed by atoms with Crippen LogP contribution in [0.4, 0.5) is 0 Å². The molecule has 0 spiro atoms. The van der Waals surface area contributed by atoms with E-state index >= 15 is 0 Å². The third-order valence-electron chi connectivity index (χ3n) is 5.79. The Morgan fingerprint density at radius 1 is 1.36 bits per heavy atom. The zero-order valence-electron chi connectivity index (χ0n) is 12.9. The van der Waals surface area contributed by atoms with Crippen LogP contribution < -0.4 is 5.76 Å². The quantitative estimate of drug-likeness (QED) is 0.876. The van der Waals surface area contributed by atoms with Gasteiger partial charge in [-0.25, -0.2) is 9.89 Å². The van der Waals surface area contributed by atoms with Gasteiger partial charge >= 0.3 is 5.76 Å². The van der Waals surface area contributed by atoms with Crippen LogP contribution in [0.3, 0.4) is 0 Å². The molecule has 1 aromatic rings. The highest BCUT2D eigenvalue weighted by Gasteiger charge is 2.73. The summed E-state index contributed by atoms with van der Waals surface area (Å²) in [5.74, 6) is 0.685. The van der Waals surface area contributed by atoms with Gasteiger partial charge < -0.3 is 14.1 Å². The topological polar surface area (TPSA) is 88.4 Å². The highest BCUT2D eigenvalue weighted by Crippen LogP contribution is 2.66. The molecule has 4 rings (SSSR count). The van der Waals surface area contributed by atoms with Gasteiger partial charge in [-0.3, -0.25) is 4.79 Å². The van der Waals surface area contributed by atoms with Crippen molar-refractivity contribution in [2.45, 2.75) is 44.6 Å². The number of carbonyl (C=O) groups excluding carboxylic acids is 1. The van der Waals surface area contributed by atoms with E-state index < -0.39 is 5.76 Å². The van der Waals surface area contributed by atoms with Gasteiger partial charge in [0.05, 0.1) is 17.6 Å². The fourth-order valence-electron chi connectivity index (χ4n) is 4.25. The van der Waals surface area contributed by atoms with Gasteiger partial charge in [-0.2, -0.15) is 0 Å². The smallest absolute Gasteiger partial charge is 0.392 e. The number of rotatable bonds is 2. The van der Waals surface area contributed by atoms with Crippen LogP contribution in [-0.4, -0.2) is 46.3 Å². The molecule has 0 radical (unpaired) electrons. The number of aromatic amines is 1. The molecule has 1 aromatic heterocycles. The number of piperidine rings is 1. The summed E-state index contributed by atoms with van der Waals surface area (Å²) in [6, 6.07) is 0. The van der Waals surface area contributed by atoms with Crippen LogP contribution in [0.2, 0.25) is 0 Å². The van der Waals surface area contributed by atoms with Crippen molar-refractivity contribution in [2.75, 3.05) is 19.7 Å². The second kappa shape index (κ2) is 4.44. The molecule has 3 fully saturated rings. The Kier molecular flexibility index (Phi) is 2.82. The van der Waals surface area contributed by atoms with E-state index in [-0.39, 0.29) is 22.8 Å². The Morgan fingerprint density at radius 3 is 2.59 bits per heavy atom. The molecule has 1 aliphatic carbocycles. The summed E-state index contributed by atoms with van der Waals surface area (Å²) in [6.07, 6.45) is 2.51. The van der Waals surface area contributed by atoms with Crippen molar-refractivity contribution in [1.82, 2.24) is 15.1 Å². The Bertz CT molecular complexity index is 656. The van der Waals surface area contributed by atoms with Crippen LogP contribution in [0.25, 0.3) is 0 Å². The Morgan fingerprint density at radius 2 is 2.09 bits per heavy atom. The minimum absolute atomic E-state index is 0.114. The van der Waals surface area contributed by atoms with Gasteiger partial charge in [-0.1, -0.05) is 0 Å². The molecule has 2 atom stereocenters. The molecule has 7 heteroatoms. The van der Waals surface area contributed by atoms with Crippen molar-refractivity contribution in [3.63, 3.8) is 0 Å². The van der Waals surface area contributed by atoms with Crippen molar-refractivity contribution >= 4 is 5.91 Å². The number of fused-ring (bicyclic) bond motifs is 1. The highest BCUT2D eigenvalue weighted by molar-refractivity contribution is 5.88. The van der Waals surface area contributed by atoms with Crippen LogP contribution >= 0.6 is 0 Å². The number of nitrogens with one attached hydrogen (secondary N) is 1. The van der Waals surface area contributed by atoms with Gasteiger partial charge in [0.25, 0.3) is 0 Å². The Balaban J connectivity index is 1.44. The van der Waals surface area contributed by atoms with Crippen LogP contribution in [-0.2, 0) is 9.53 Å². The molecule has 1 saturated carbocycles. The maximum Gasteiger partial charge on any atom is 0.434 e. The van der Waals surface area contributed by atoms with Crippen LogP contribution in [0.5, 0.6) is 0 Å². The van der Waals surface area contributed by atoms with E-state index in [1.165, 1.54) is 0 Å². The first-order valence-electron chi connectivity index (χ1n) is 7.93. The molecule has 3 aliphatic rings. The lowest BCUT2D eigenvalue weighted by molar-refractivity contribution is -0.146. The van der Waals surface area contributed by atoms with Crippen molar-refractivity contribution in [2.24, 2.45) is 11.3 Å². The van der Waals surface area contributed by atoms with Crippen LogP contribution in [0, 0.1) is 11.3 Å². The molecule has 22 heavy (non-hydrogen) atoms. The van der Waals surface area contributed by atoms with Gasteiger partial charge in [0.2, 0.25) is 11.8 Å². The van der Waals surface area contributed by atoms with E-state index in [2.05, 4.69) is 10.2 Å². The standard InChI is InChI=1S/C15H21N3O4/c1-14(2)15(7-10(15)8-21-14)12(19)18-5-3-9(4-6-18)11-16-17-13(20)22-11/h9-10H,3-8H2,1-2H3,(H,17,20). The molecular weight excluding hydrogens is 286 g/mol. The molecule has 3 heterocycles. The first-order chi connectivity index (χ1) is 10.4. The van der Waals surface area contributed by atoms with E-state index in [9.17, 15) is 9.59 Å². The van der Waals surface area contributed by atoms with Crippen molar-refractivity contribution < 1.29 is 13.9 Å². The Labute approximate surface area is 128 Å². The van der Waals surface area contributed by atoms with E-state index in [1.807, 2.05) is 18.7 Å². The predicted octanol–water partition coefficient (Wildman–Crippen LogP) is 0.884. The minimum Gasteiger partial charge on any atom is -0.392 e. The largest absolute Gasteiger partial charge is 0.434 e. The average Bonchev–Trinajstić information content (AvgIpc) is 3.02. The van der Waals surface area contributed by atoms with E-state index in [4.69, 9.17) is 9.15 Å². The molecule has 2 unspecified atom stereocenters. The molecule has 1 amide bonds. The first kappa shape index (κ1) is 14.0.